The van der Waals surface area contributed by atoms with Crippen molar-refractivity contribution in [1.82, 2.24) is 0 Å². The third kappa shape index (κ3) is 1.83. The van der Waals surface area contributed by atoms with Crippen LogP contribution in [0.1, 0.15) is 18.4 Å². The van der Waals surface area contributed by atoms with E-state index in [2.05, 4.69) is 42.5 Å². The third-order valence-corrected chi connectivity index (χ3v) is 3.35. The van der Waals surface area contributed by atoms with Gasteiger partial charge in [0, 0.05) is 6.61 Å². The van der Waals surface area contributed by atoms with Crippen molar-refractivity contribution in [3.63, 3.8) is 0 Å². The van der Waals surface area contributed by atoms with Crippen LogP contribution >= 0.6 is 0 Å². The van der Waals surface area contributed by atoms with E-state index in [0.717, 1.165) is 13.0 Å². The van der Waals surface area contributed by atoms with E-state index in [1.807, 2.05) is 0 Å². The van der Waals surface area contributed by atoms with Gasteiger partial charge in [-0.2, -0.15) is 0 Å². The van der Waals surface area contributed by atoms with Gasteiger partial charge in [-0.05, 0) is 35.6 Å². The van der Waals surface area contributed by atoms with Gasteiger partial charge >= 0.3 is 0 Å². The van der Waals surface area contributed by atoms with Gasteiger partial charge in [0.1, 0.15) is 0 Å². The number of fused-ring (bicyclic) bond motifs is 1. The molecule has 0 saturated carbocycles. The molecule has 0 N–H and O–H groups in total. The van der Waals surface area contributed by atoms with E-state index >= 15 is 0 Å². The molecule has 0 aromatic heterocycles. The van der Waals surface area contributed by atoms with Gasteiger partial charge in [-0.1, -0.05) is 42.5 Å². The molecule has 1 aliphatic heterocycles. The van der Waals surface area contributed by atoms with Gasteiger partial charge in [0.05, 0.1) is 6.10 Å². The first-order valence-electron chi connectivity index (χ1n) is 6.02. The summed E-state index contributed by atoms with van der Waals surface area (Å²) in [7, 11) is 0. The van der Waals surface area contributed by atoms with Crippen molar-refractivity contribution < 1.29 is 4.74 Å². The maximum atomic E-state index is 5.71. The first-order chi connectivity index (χ1) is 7.93. The Morgan fingerprint density at radius 1 is 1.06 bits per heavy atom. The summed E-state index contributed by atoms with van der Waals surface area (Å²) in [5.74, 6) is 0. The largest absolute Gasteiger partial charge is 0.378 e. The molecule has 1 heteroatoms. The Kier molecular flexibility index (Phi) is 2.63. The first kappa shape index (κ1) is 9.86. The van der Waals surface area contributed by atoms with Crippen LogP contribution in [0, 0.1) is 0 Å². The highest BCUT2D eigenvalue weighted by Crippen LogP contribution is 2.23. The van der Waals surface area contributed by atoms with Crippen molar-refractivity contribution in [2.45, 2.75) is 25.4 Å². The average Bonchev–Trinajstić information content (AvgIpc) is 2.82. The van der Waals surface area contributed by atoms with Gasteiger partial charge in [0.25, 0.3) is 0 Å². The Hall–Kier alpha value is -1.34. The predicted molar refractivity (Wildman–Crippen MR) is 66.6 cm³/mol. The molecule has 0 amide bonds. The summed E-state index contributed by atoms with van der Waals surface area (Å²) in [5.41, 5.74) is 1.42. The number of hydrogen-bond donors (Lipinski definition) is 0. The fourth-order valence-corrected chi connectivity index (χ4v) is 2.52. The summed E-state index contributed by atoms with van der Waals surface area (Å²) in [6, 6.07) is 15.1. The smallest absolute Gasteiger partial charge is 0.0616 e. The van der Waals surface area contributed by atoms with Gasteiger partial charge in [-0.15, -0.1) is 0 Å². The number of hydrogen-bond acceptors (Lipinski definition) is 1. The molecule has 1 fully saturated rings. The minimum atomic E-state index is 0.436. The van der Waals surface area contributed by atoms with Gasteiger partial charge < -0.3 is 4.74 Å². The predicted octanol–water partition coefficient (Wildman–Crippen LogP) is 3.56. The Balaban J connectivity index is 1.96. The maximum absolute atomic E-state index is 5.71. The van der Waals surface area contributed by atoms with Crippen LogP contribution in [0.5, 0.6) is 0 Å². The molecule has 1 unspecified atom stereocenters. The van der Waals surface area contributed by atoms with E-state index in [-0.39, 0.29) is 0 Å². The summed E-state index contributed by atoms with van der Waals surface area (Å²) in [6.45, 7) is 0.940. The Labute approximate surface area is 96.0 Å². The van der Waals surface area contributed by atoms with Crippen molar-refractivity contribution in [2.24, 2.45) is 0 Å². The minimum absolute atomic E-state index is 0.436. The molecule has 82 valence electrons. The van der Waals surface area contributed by atoms with Crippen LogP contribution in [0.25, 0.3) is 10.8 Å². The van der Waals surface area contributed by atoms with Crippen LogP contribution in [0.2, 0.25) is 0 Å². The minimum Gasteiger partial charge on any atom is -0.378 e. The van der Waals surface area contributed by atoms with Gasteiger partial charge in [-0.3, -0.25) is 0 Å². The quantitative estimate of drug-likeness (QED) is 0.739. The zero-order valence-electron chi connectivity index (χ0n) is 9.36. The molecule has 0 aliphatic carbocycles. The summed E-state index contributed by atoms with van der Waals surface area (Å²) >= 11 is 0. The maximum Gasteiger partial charge on any atom is 0.0616 e. The normalized spacial score (nSPS) is 20.4. The zero-order valence-corrected chi connectivity index (χ0v) is 9.36. The lowest BCUT2D eigenvalue weighted by Crippen LogP contribution is -2.08. The topological polar surface area (TPSA) is 9.23 Å². The molecule has 1 aliphatic rings. The molecule has 1 heterocycles. The molecule has 0 radical (unpaired) electrons. The molecule has 1 atom stereocenters. The Morgan fingerprint density at radius 3 is 2.81 bits per heavy atom. The third-order valence-electron chi connectivity index (χ3n) is 3.35. The fraction of sp³-hybridized carbons (Fsp3) is 0.333. The van der Waals surface area contributed by atoms with E-state index in [1.54, 1.807) is 0 Å². The lowest BCUT2D eigenvalue weighted by molar-refractivity contribution is 0.111. The molecule has 2 aromatic rings. The van der Waals surface area contributed by atoms with Crippen molar-refractivity contribution in [3.8, 4) is 0 Å². The zero-order chi connectivity index (χ0) is 10.8. The molecular weight excluding hydrogens is 196 g/mol. The van der Waals surface area contributed by atoms with Crippen LogP contribution < -0.4 is 0 Å². The molecule has 2 aromatic carbocycles. The van der Waals surface area contributed by atoms with E-state index in [1.165, 1.54) is 29.2 Å². The second-order valence-corrected chi connectivity index (χ2v) is 4.48. The van der Waals surface area contributed by atoms with E-state index in [4.69, 9.17) is 4.74 Å². The van der Waals surface area contributed by atoms with Crippen LogP contribution in [-0.4, -0.2) is 12.7 Å². The van der Waals surface area contributed by atoms with E-state index in [9.17, 15) is 0 Å². The summed E-state index contributed by atoms with van der Waals surface area (Å²) in [6.07, 6.45) is 3.92. The molecule has 3 rings (SSSR count). The number of ether oxygens (including phenoxy) is 1. The highest BCUT2D eigenvalue weighted by Gasteiger charge is 2.16. The molecular formula is C15H16O. The monoisotopic (exact) mass is 212 g/mol. The standard InChI is InChI=1S/C15H16O/c1-2-9-15-12(5-1)6-3-7-13(15)11-14-8-4-10-16-14/h1-3,5-7,9,14H,4,8,10-11H2. The van der Waals surface area contributed by atoms with Crippen LogP contribution in [0.4, 0.5) is 0 Å². The number of benzene rings is 2. The second-order valence-electron chi connectivity index (χ2n) is 4.48. The summed E-state index contributed by atoms with van der Waals surface area (Å²) < 4.78 is 5.71. The van der Waals surface area contributed by atoms with Gasteiger partial charge in [0.2, 0.25) is 0 Å². The van der Waals surface area contributed by atoms with Crippen molar-refractivity contribution in [2.75, 3.05) is 6.61 Å². The second kappa shape index (κ2) is 4.26. The lowest BCUT2D eigenvalue weighted by Gasteiger charge is -2.11. The Bertz CT molecular complexity index is 478. The van der Waals surface area contributed by atoms with Crippen molar-refractivity contribution in [1.29, 1.82) is 0 Å². The van der Waals surface area contributed by atoms with Crippen molar-refractivity contribution in [3.05, 3.63) is 48.0 Å². The van der Waals surface area contributed by atoms with Crippen LogP contribution in [0.3, 0.4) is 0 Å². The molecule has 1 nitrogen and oxygen atoms in total. The lowest BCUT2D eigenvalue weighted by atomic mass is 9.99. The highest BCUT2D eigenvalue weighted by molar-refractivity contribution is 5.85. The van der Waals surface area contributed by atoms with Crippen molar-refractivity contribution >= 4 is 10.8 Å². The first-order valence-corrected chi connectivity index (χ1v) is 6.02. The number of rotatable bonds is 2. The van der Waals surface area contributed by atoms with Gasteiger partial charge in [-0.25, -0.2) is 0 Å². The Morgan fingerprint density at radius 2 is 1.94 bits per heavy atom. The summed E-state index contributed by atoms with van der Waals surface area (Å²) in [5, 5.41) is 2.71. The SMILES string of the molecule is c1ccc2c(CC3CCCO3)cccc2c1. The van der Waals surface area contributed by atoms with E-state index < -0.39 is 0 Å². The fourth-order valence-electron chi connectivity index (χ4n) is 2.52. The highest BCUT2D eigenvalue weighted by atomic mass is 16.5. The van der Waals surface area contributed by atoms with Gasteiger partial charge in [0.15, 0.2) is 0 Å². The molecule has 16 heavy (non-hydrogen) atoms. The van der Waals surface area contributed by atoms with E-state index in [0.29, 0.717) is 6.10 Å². The molecule has 0 bridgehead atoms. The summed E-state index contributed by atoms with van der Waals surface area (Å²) in [4.78, 5) is 0. The van der Waals surface area contributed by atoms with Crippen LogP contribution in [0.15, 0.2) is 42.5 Å². The van der Waals surface area contributed by atoms with Crippen LogP contribution in [-0.2, 0) is 11.2 Å². The molecule has 1 saturated heterocycles. The molecule has 0 spiro atoms. The average molecular weight is 212 g/mol.